The monoisotopic (exact) mass is 180 g/mol. The minimum atomic E-state index is -0.379. The summed E-state index contributed by atoms with van der Waals surface area (Å²) in [4.78, 5) is 11.1. The van der Waals surface area contributed by atoms with Crippen molar-refractivity contribution in [2.45, 2.75) is 6.92 Å². The van der Waals surface area contributed by atoms with Crippen LogP contribution >= 0.6 is 0 Å². The molecule has 68 valence electrons. The molecule has 0 aliphatic carbocycles. The molecule has 0 radical (unpaired) electrons. The number of nitrogens with zero attached hydrogens (tertiary/aromatic N) is 3. The van der Waals surface area contributed by atoms with Crippen LogP contribution in [0.15, 0.2) is 10.9 Å². The number of aryl methyl sites for hydroxylation is 1. The van der Waals surface area contributed by atoms with Crippen molar-refractivity contribution in [1.82, 2.24) is 19.8 Å². The Morgan fingerprint density at radius 2 is 2.46 bits per heavy atom. The molecule has 0 fully saturated rings. The number of aromatic nitrogens is 4. The lowest BCUT2D eigenvalue weighted by atomic mass is 10.3. The zero-order chi connectivity index (χ0) is 9.42. The highest BCUT2D eigenvalue weighted by atomic mass is 16.2. The number of rotatable bonds is 1. The van der Waals surface area contributed by atoms with Gasteiger partial charge in [-0.15, -0.1) is 5.10 Å². The predicted molar refractivity (Wildman–Crippen MR) is 46.2 cm³/mol. The van der Waals surface area contributed by atoms with Gasteiger partial charge in [0.25, 0.3) is 0 Å². The quantitative estimate of drug-likeness (QED) is 0.386. The van der Waals surface area contributed by atoms with Gasteiger partial charge in [0, 0.05) is 0 Å². The average molecular weight is 180 g/mol. The van der Waals surface area contributed by atoms with Crippen LogP contribution in [0, 0.1) is 6.92 Å². The highest BCUT2D eigenvalue weighted by Crippen LogP contribution is 2.07. The first-order chi connectivity index (χ1) is 6.22. The van der Waals surface area contributed by atoms with Gasteiger partial charge in [0.05, 0.1) is 0 Å². The molecule has 0 atom stereocenters. The number of hydrogen-bond acceptors (Lipinski definition) is 5. The zero-order valence-corrected chi connectivity index (χ0v) is 6.90. The molecule has 2 aromatic heterocycles. The Morgan fingerprint density at radius 3 is 3.15 bits per heavy atom. The normalized spacial score (nSPS) is 10.6. The van der Waals surface area contributed by atoms with Crippen LogP contribution in [0.2, 0.25) is 0 Å². The van der Waals surface area contributed by atoms with E-state index in [2.05, 4.69) is 20.7 Å². The Kier molecular flexibility index (Phi) is 1.52. The van der Waals surface area contributed by atoms with Crippen molar-refractivity contribution in [2.75, 3.05) is 5.43 Å². The molecule has 0 spiro atoms. The summed E-state index contributed by atoms with van der Waals surface area (Å²) >= 11 is 0. The van der Waals surface area contributed by atoms with E-state index in [9.17, 15) is 4.79 Å². The van der Waals surface area contributed by atoms with E-state index in [0.29, 0.717) is 11.5 Å². The van der Waals surface area contributed by atoms with Gasteiger partial charge in [-0.2, -0.15) is 9.61 Å². The fraction of sp³-hybridized carbons (Fsp3) is 0.167. The van der Waals surface area contributed by atoms with Crippen molar-refractivity contribution in [3.05, 3.63) is 22.1 Å². The van der Waals surface area contributed by atoms with Crippen LogP contribution in [0.3, 0.4) is 0 Å². The van der Waals surface area contributed by atoms with Crippen molar-refractivity contribution in [1.29, 1.82) is 0 Å². The summed E-state index contributed by atoms with van der Waals surface area (Å²) in [5.74, 6) is 5.59. The first-order valence-electron chi connectivity index (χ1n) is 3.64. The number of hydrazine groups is 1. The van der Waals surface area contributed by atoms with E-state index >= 15 is 0 Å². The molecule has 7 heteroatoms. The third-order valence-electron chi connectivity index (χ3n) is 1.71. The molecule has 13 heavy (non-hydrogen) atoms. The van der Waals surface area contributed by atoms with E-state index in [4.69, 9.17) is 5.84 Å². The SMILES string of the molecule is Cc1cc(NN)nn2c(=O)[nH]nc12. The van der Waals surface area contributed by atoms with Crippen molar-refractivity contribution < 1.29 is 0 Å². The third-order valence-corrected chi connectivity index (χ3v) is 1.71. The maximum absolute atomic E-state index is 11.1. The van der Waals surface area contributed by atoms with Gasteiger partial charge >= 0.3 is 5.69 Å². The van der Waals surface area contributed by atoms with Crippen LogP contribution in [0.5, 0.6) is 0 Å². The van der Waals surface area contributed by atoms with Gasteiger partial charge in [0.1, 0.15) is 0 Å². The summed E-state index contributed by atoms with van der Waals surface area (Å²) in [6.07, 6.45) is 0. The summed E-state index contributed by atoms with van der Waals surface area (Å²) in [6.45, 7) is 1.82. The Labute approximate surface area is 72.5 Å². The second-order valence-corrected chi connectivity index (χ2v) is 2.62. The lowest BCUT2D eigenvalue weighted by Crippen LogP contribution is -2.16. The zero-order valence-electron chi connectivity index (χ0n) is 6.90. The van der Waals surface area contributed by atoms with Gasteiger partial charge in [-0.3, -0.25) is 0 Å². The Hall–Kier alpha value is -1.89. The lowest BCUT2D eigenvalue weighted by Gasteiger charge is -2.00. The second-order valence-electron chi connectivity index (χ2n) is 2.62. The summed E-state index contributed by atoms with van der Waals surface area (Å²) in [7, 11) is 0. The number of hydrogen-bond donors (Lipinski definition) is 3. The minimum absolute atomic E-state index is 0.379. The van der Waals surface area contributed by atoms with E-state index in [-0.39, 0.29) is 5.69 Å². The van der Waals surface area contributed by atoms with Gasteiger partial charge in [-0.25, -0.2) is 15.7 Å². The van der Waals surface area contributed by atoms with Gasteiger partial charge < -0.3 is 5.43 Å². The number of nitrogens with one attached hydrogen (secondary N) is 2. The number of aromatic amines is 1. The largest absolute Gasteiger partial charge is 0.364 e. The third kappa shape index (κ3) is 1.05. The molecule has 0 unspecified atom stereocenters. The molecule has 0 bridgehead atoms. The number of H-pyrrole nitrogens is 1. The molecule has 2 aromatic rings. The van der Waals surface area contributed by atoms with Crippen molar-refractivity contribution in [2.24, 2.45) is 5.84 Å². The molecule has 0 aliphatic heterocycles. The fourth-order valence-corrected chi connectivity index (χ4v) is 1.12. The van der Waals surface area contributed by atoms with Crippen LogP contribution in [-0.4, -0.2) is 19.8 Å². The number of fused-ring (bicyclic) bond motifs is 1. The van der Waals surface area contributed by atoms with Crippen molar-refractivity contribution in [3.63, 3.8) is 0 Å². The molecule has 4 N–H and O–H groups in total. The van der Waals surface area contributed by atoms with Gasteiger partial charge in [-0.05, 0) is 18.6 Å². The van der Waals surface area contributed by atoms with Crippen molar-refractivity contribution in [3.8, 4) is 0 Å². The maximum atomic E-state index is 11.1. The van der Waals surface area contributed by atoms with E-state index in [1.165, 1.54) is 0 Å². The molecule has 2 heterocycles. The number of nitrogens with two attached hydrogens (primary N) is 1. The lowest BCUT2D eigenvalue weighted by molar-refractivity contribution is 0.875. The molecular weight excluding hydrogens is 172 g/mol. The minimum Gasteiger partial charge on any atom is -0.307 e. The standard InChI is InChI=1S/C6H8N6O/c1-3-2-4(8-7)11-12-5(3)9-10-6(12)13/h2H,7H2,1H3,(H,8,11)(H,10,13). The highest BCUT2D eigenvalue weighted by molar-refractivity contribution is 5.50. The van der Waals surface area contributed by atoms with Gasteiger partial charge in [0.15, 0.2) is 11.5 Å². The summed E-state index contributed by atoms with van der Waals surface area (Å²) in [5, 5.41) is 9.97. The average Bonchev–Trinajstić information content (AvgIpc) is 2.48. The van der Waals surface area contributed by atoms with Crippen LogP contribution in [0.25, 0.3) is 5.65 Å². The maximum Gasteiger partial charge on any atom is 0.364 e. The molecule has 0 amide bonds. The smallest absolute Gasteiger partial charge is 0.307 e. The molecule has 7 nitrogen and oxygen atoms in total. The molecule has 0 aliphatic rings. The topological polar surface area (TPSA) is 101 Å². The van der Waals surface area contributed by atoms with Crippen molar-refractivity contribution >= 4 is 11.5 Å². The van der Waals surface area contributed by atoms with E-state index in [0.717, 1.165) is 10.1 Å². The molecule has 0 saturated carbocycles. The van der Waals surface area contributed by atoms with E-state index < -0.39 is 0 Å². The highest BCUT2D eigenvalue weighted by Gasteiger charge is 2.05. The van der Waals surface area contributed by atoms with Crippen LogP contribution < -0.4 is 17.0 Å². The van der Waals surface area contributed by atoms with Gasteiger partial charge in [0.2, 0.25) is 0 Å². The Morgan fingerprint density at radius 1 is 1.69 bits per heavy atom. The molecule has 0 aromatic carbocycles. The summed E-state index contributed by atoms with van der Waals surface area (Å²) in [6, 6.07) is 1.70. The Balaban J connectivity index is 2.88. The van der Waals surface area contributed by atoms with E-state index in [1.54, 1.807) is 6.07 Å². The van der Waals surface area contributed by atoms with E-state index in [1.807, 2.05) is 6.92 Å². The number of anilines is 1. The fourth-order valence-electron chi connectivity index (χ4n) is 1.12. The Bertz CT molecular complexity index is 497. The molecule has 0 saturated heterocycles. The first-order valence-corrected chi connectivity index (χ1v) is 3.64. The predicted octanol–water partition coefficient (Wildman–Crippen LogP) is -0.988. The summed E-state index contributed by atoms with van der Waals surface area (Å²) < 4.78 is 1.16. The molecular formula is C6H8N6O. The second kappa shape index (κ2) is 2.56. The molecule has 2 rings (SSSR count). The van der Waals surface area contributed by atoms with Crippen LogP contribution in [0.4, 0.5) is 5.82 Å². The number of nitrogen functional groups attached to an aromatic ring is 1. The van der Waals surface area contributed by atoms with Gasteiger partial charge in [-0.1, -0.05) is 0 Å². The summed E-state index contributed by atoms with van der Waals surface area (Å²) in [5.41, 5.74) is 3.31. The van der Waals surface area contributed by atoms with Crippen LogP contribution in [0.1, 0.15) is 5.56 Å². The first kappa shape index (κ1) is 7.74. The van der Waals surface area contributed by atoms with Crippen LogP contribution in [-0.2, 0) is 0 Å².